The van der Waals surface area contributed by atoms with Gasteiger partial charge in [-0.25, -0.2) is 4.57 Å². The summed E-state index contributed by atoms with van der Waals surface area (Å²) in [6, 6.07) is 0. The Balaban J connectivity index is 2.35. The molecule has 0 radical (unpaired) electrons. The van der Waals surface area contributed by atoms with Crippen LogP contribution in [0, 0.1) is 5.92 Å². The molecule has 5 atom stereocenters. The third-order valence-corrected chi connectivity index (χ3v) is 9.33. The van der Waals surface area contributed by atoms with E-state index in [9.17, 15) is 24.2 Å². The lowest BCUT2D eigenvalue weighted by Crippen LogP contribution is -2.29. The van der Waals surface area contributed by atoms with Crippen molar-refractivity contribution in [2.24, 2.45) is 5.92 Å². The van der Waals surface area contributed by atoms with E-state index in [0.717, 1.165) is 50.9 Å². The molecule has 11 nitrogen and oxygen atoms in total. The number of epoxide rings is 1. The van der Waals surface area contributed by atoms with Crippen LogP contribution >= 0.6 is 7.82 Å². The summed E-state index contributed by atoms with van der Waals surface area (Å²) in [5.41, 5.74) is 0. The highest BCUT2D eigenvalue weighted by molar-refractivity contribution is 7.47. The zero-order valence-corrected chi connectivity index (χ0v) is 32.6. The Morgan fingerprint density at radius 3 is 2.02 bits per heavy atom. The lowest BCUT2D eigenvalue weighted by atomic mass is 10.0. The first-order valence-electron chi connectivity index (χ1n) is 19.4. The van der Waals surface area contributed by atoms with Crippen molar-refractivity contribution in [1.82, 2.24) is 0 Å². The van der Waals surface area contributed by atoms with E-state index in [1.807, 2.05) is 6.08 Å². The molecule has 12 heteroatoms. The smallest absolute Gasteiger partial charge is 0.462 e. The fourth-order valence-electron chi connectivity index (χ4n) is 5.21. The molecule has 3 unspecified atom stereocenters. The third-order valence-electron chi connectivity index (χ3n) is 8.38. The molecule has 0 aromatic heterocycles. The van der Waals surface area contributed by atoms with Crippen molar-refractivity contribution in [3.63, 3.8) is 0 Å². The van der Waals surface area contributed by atoms with Crippen molar-refractivity contribution in [2.45, 2.75) is 167 Å². The van der Waals surface area contributed by atoms with Gasteiger partial charge < -0.3 is 29.3 Å². The van der Waals surface area contributed by atoms with Crippen LogP contribution in [-0.2, 0) is 37.4 Å². The minimum absolute atomic E-state index is 0.0998. The van der Waals surface area contributed by atoms with Crippen LogP contribution in [0.5, 0.6) is 0 Å². The Bertz CT molecular complexity index is 1030. The van der Waals surface area contributed by atoms with E-state index in [2.05, 4.69) is 55.7 Å². The monoisotopic (exact) mass is 744 g/mol. The molecule has 1 rings (SSSR count). The molecular weight excluding hydrogens is 675 g/mol. The fourth-order valence-corrected chi connectivity index (χ4v) is 6.00. The number of esters is 2. The molecular formula is C39H69O11P. The quantitative estimate of drug-likeness (QED) is 0.0191. The van der Waals surface area contributed by atoms with Crippen LogP contribution in [0.25, 0.3) is 0 Å². The van der Waals surface area contributed by atoms with E-state index in [4.69, 9.17) is 23.8 Å². The van der Waals surface area contributed by atoms with Crippen LogP contribution in [0.2, 0.25) is 0 Å². The topological polar surface area (TPSA) is 161 Å². The number of phosphoric acid groups is 1. The van der Waals surface area contributed by atoms with Crippen LogP contribution in [0.3, 0.4) is 0 Å². The molecule has 0 aromatic rings. The minimum Gasteiger partial charge on any atom is -0.462 e. The molecule has 0 amide bonds. The summed E-state index contributed by atoms with van der Waals surface area (Å²) in [6.07, 6.45) is 28.8. The predicted molar refractivity (Wildman–Crippen MR) is 200 cm³/mol. The number of carbonyl (C=O) groups excluding carboxylic acids is 2. The summed E-state index contributed by atoms with van der Waals surface area (Å²) < 4.78 is 38.3. The first-order valence-corrected chi connectivity index (χ1v) is 20.9. The number of aliphatic hydroxyl groups excluding tert-OH is 2. The average Bonchev–Trinajstić information content (AvgIpc) is 3.86. The fraction of sp³-hybridized carbons (Fsp3) is 0.795. The van der Waals surface area contributed by atoms with Gasteiger partial charge in [0.15, 0.2) is 6.10 Å². The van der Waals surface area contributed by atoms with Crippen molar-refractivity contribution in [2.75, 3.05) is 26.4 Å². The number of phosphoric ester groups is 1. The summed E-state index contributed by atoms with van der Waals surface area (Å²) in [7, 11) is -4.63. The van der Waals surface area contributed by atoms with Gasteiger partial charge >= 0.3 is 19.8 Å². The molecule has 0 aromatic carbocycles. The van der Waals surface area contributed by atoms with Gasteiger partial charge in [-0.15, -0.1) is 0 Å². The number of hydrogen-bond acceptors (Lipinski definition) is 10. The number of carbonyl (C=O) groups is 2. The molecule has 1 aliphatic heterocycles. The van der Waals surface area contributed by atoms with Gasteiger partial charge in [0.2, 0.25) is 0 Å². The van der Waals surface area contributed by atoms with E-state index in [1.54, 1.807) is 0 Å². The lowest BCUT2D eigenvalue weighted by molar-refractivity contribution is -0.161. The predicted octanol–water partition coefficient (Wildman–Crippen LogP) is 8.45. The zero-order valence-electron chi connectivity index (χ0n) is 31.7. The standard InChI is InChI=1S/C39H69O11P/c1-4-5-6-7-8-9-12-15-20-25-36-37(50-36)26-21-17-18-23-28-39(43)49-35(32-48-51(44,45)47-30-34(41)29-40)31-46-38(42)27-22-16-13-10-11-14-19-24-33(2)3/h8-9,15,17,20-21,33-37,40-41H,4-7,10-14,16,18-19,22-32H2,1-3H3,(H,44,45)/b9-8-,20-15-,21-17-/t34-,35+,36?,37?/m0/s1. The second-order valence-electron chi connectivity index (χ2n) is 13.8. The van der Waals surface area contributed by atoms with Crippen LogP contribution in [0.15, 0.2) is 36.5 Å². The SMILES string of the molecule is CCCCC/C=C\C/C=C\CC1OC1C/C=C\CCCC(=O)O[C@H](COC(=O)CCCCCCCCCC(C)C)COP(=O)(O)OC[C@@H](O)CO. The van der Waals surface area contributed by atoms with Gasteiger partial charge in [0.1, 0.15) is 12.7 Å². The van der Waals surface area contributed by atoms with Crippen molar-refractivity contribution in [3.8, 4) is 0 Å². The van der Waals surface area contributed by atoms with Crippen LogP contribution < -0.4 is 0 Å². The maximum absolute atomic E-state index is 12.6. The van der Waals surface area contributed by atoms with Gasteiger partial charge in [0.05, 0.1) is 32.0 Å². The normalized spacial score (nSPS) is 18.5. The molecule has 0 aliphatic carbocycles. The van der Waals surface area contributed by atoms with E-state index in [0.29, 0.717) is 19.3 Å². The molecule has 0 bridgehead atoms. The molecule has 0 spiro atoms. The maximum Gasteiger partial charge on any atom is 0.472 e. The number of aliphatic hydroxyl groups is 2. The van der Waals surface area contributed by atoms with Crippen LogP contribution in [-0.4, -0.2) is 77.9 Å². The van der Waals surface area contributed by atoms with Gasteiger partial charge in [-0.2, -0.15) is 0 Å². The molecule has 1 aliphatic rings. The van der Waals surface area contributed by atoms with E-state index >= 15 is 0 Å². The van der Waals surface area contributed by atoms with Crippen molar-refractivity contribution >= 4 is 19.8 Å². The van der Waals surface area contributed by atoms with Gasteiger partial charge in [-0.05, 0) is 57.3 Å². The number of ether oxygens (including phenoxy) is 3. The summed E-state index contributed by atoms with van der Waals surface area (Å²) in [4.78, 5) is 34.8. The number of hydrogen-bond donors (Lipinski definition) is 3. The number of allylic oxidation sites excluding steroid dienone is 4. The van der Waals surface area contributed by atoms with Crippen LogP contribution in [0.4, 0.5) is 0 Å². The van der Waals surface area contributed by atoms with E-state index in [1.165, 1.54) is 44.9 Å². The Kier molecular flexibility index (Phi) is 28.3. The first kappa shape index (κ1) is 47.2. The molecule has 1 saturated heterocycles. The molecule has 296 valence electrons. The van der Waals surface area contributed by atoms with E-state index in [-0.39, 0.29) is 31.7 Å². The minimum atomic E-state index is -4.63. The van der Waals surface area contributed by atoms with Crippen molar-refractivity contribution in [3.05, 3.63) is 36.5 Å². The van der Waals surface area contributed by atoms with Gasteiger partial charge in [-0.3, -0.25) is 18.6 Å². The highest BCUT2D eigenvalue weighted by Gasteiger charge is 2.36. The molecule has 0 saturated carbocycles. The summed E-state index contributed by atoms with van der Waals surface area (Å²) in [5.74, 6) is -0.266. The second-order valence-corrected chi connectivity index (χ2v) is 15.3. The Hall–Kier alpha value is -1.85. The van der Waals surface area contributed by atoms with Gasteiger partial charge in [-0.1, -0.05) is 115 Å². The highest BCUT2D eigenvalue weighted by Crippen LogP contribution is 2.43. The van der Waals surface area contributed by atoms with Crippen molar-refractivity contribution in [1.29, 1.82) is 0 Å². The van der Waals surface area contributed by atoms with Crippen LogP contribution in [0.1, 0.15) is 143 Å². The van der Waals surface area contributed by atoms with Gasteiger partial charge in [0, 0.05) is 12.8 Å². The number of rotatable bonds is 34. The maximum atomic E-state index is 12.6. The largest absolute Gasteiger partial charge is 0.472 e. The molecule has 51 heavy (non-hydrogen) atoms. The first-order chi connectivity index (χ1) is 24.6. The Labute approximate surface area is 307 Å². The van der Waals surface area contributed by atoms with Gasteiger partial charge in [0.25, 0.3) is 0 Å². The molecule has 1 fully saturated rings. The Morgan fingerprint density at radius 2 is 1.33 bits per heavy atom. The third kappa shape index (κ3) is 29.3. The average molecular weight is 745 g/mol. The zero-order chi connectivity index (χ0) is 37.6. The van der Waals surface area contributed by atoms with Crippen molar-refractivity contribution < 1.29 is 52.5 Å². The summed E-state index contributed by atoms with van der Waals surface area (Å²) in [6.45, 7) is 4.50. The lowest BCUT2D eigenvalue weighted by Gasteiger charge is -2.20. The molecule has 1 heterocycles. The highest BCUT2D eigenvalue weighted by atomic mass is 31.2. The number of unbranched alkanes of at least 4 members (excludes halogenated alkanes) is 10. The summed E-state index contributed by atoms with van der Waals surface area (Å²) in [5, 5.41) is 18.3. The summed E-state index contributed by atoms with van der Waals surface area (Å²) >= 11 is 0. The second kappa shape index (κ2) is 30.6. The molecule has 3 N–H and O–H groups in total. The van der Waals surface area contributed by atoms with E-state index < -0.39 is 51.8 Å². The Morgan fingerprint density at radius 1 is 0.745 bits per heavy atom.